The maximum Gasteiger partial charge on any atom is 0.336 e. The first kappa shape index (κ1) is 20.2. The molecule has 0 spiro atoms. The molecule has 0 aliphatic heterocycles. The molecule has 0 saturated heterocycles. The zero-order chi connectivity index (χ0) is 18.1. The number of carboxylic acids is 1. The van der Waals surface area contributed by atoms with E-state index in [1.165, 1.54) is 5.84 Å². The minimum absolute atomic E-state index is 0.0368. The molecule has 0 aromatic heterocycles. The van der Waals surface area contributed by atoms with E-state index in [-0.39, 0.29) is 6.04 Å². The number of nitrogens with zero attached hydrogens (tertiary/aromatic N) is 2. The molecule has 1 unspecified atom stereocenters. The number of hydrogen-bond donors (Lipinski definition) is 1. The van der Waals surface area contributed by atoms with Crippen LogP contribution >= 0.6 is 0 Å². The van der Waals surface area contributed by atoms with Gasteiger partial charge >= 0.3 is 5.97 Å². The van der Waals surface area contributed by atoms with Crippen molar-refractivity contribution in [3.63, 3.8) is 0 Å². The van der Waals surface area contributed by atoms with E-state index in [0.717, 1.165) is 44.5 Å². The van der Waals surface area contributed by atoms with Crippen molar-refractivity contribution in [2.45, 2.75) is 59.9 Å². The number of benzene rings is 1. The monoisotopic (exact) mass is 333 g/mol. The molecule has 1 atom stereocenters. The fourth-order valence-corrected chi connectivity index (χ4v) is 3.31. The molecule has 1 aromatic carbocycles. The molecule has 4 heteroatoms. The maximum absolute atomic E-state index is 11.6. The quantitative estimate of drug-likeness (QED) is 0.413. The summed E-state index contributed by atoms with van der Waals surface area (Å²) in [5.74, 6) is 0.475. The average Bonchev–Trinajstić information content (AvgIpc) is 2.60. The van der Waals surface area contributed by atoms with Gasteiger partial charge in [0.2, 0.25) is 5.84 Å². The average molecular weight is 333 g/mol. The molecule has 134 valence electrons. The Bertz CT molecular complexity index is 561. The van der Waals surface area contributed by atoms with Gasteiger partial charge in [-0.3, -0.25) is 9.48 Å². The Morgan fingerprint density at radius 3 is 2.29 bits per heavy atom. The van der Waals surface area contributed by atoms with E-state index < -0.39 is 5.97 Å². The van der Waals surface area contributed by atoms with Gasteiger partial charge in [-0.15, -0.1) is 0 Å². The van der Waals surface area contributed by atoms with E-state index in [9.17, 15) is 9.90 Å². The Kier molecular flexibility index (Phi) is 8.51. The van der Waals surface area contributed by atoms with Crippen LogP contribution in [0.4, 0.5) is 0 Å². The summed E-state index contributed by atoms with van der Waals surface area (Å²) in [7, 11) is 0. The molecule has 1 rings (SSSR count). The number of aromatic carboxylic acids is 1. The Morgan fingerprint density at radius 2 is 1.79 bits per heavy atom. The maximum atomic E-state index is 11.6. The van der Waals surface area contributed by atoms with Crippen molar-refractivity contribution < 1.29 is 14.5 Å². The van der Waals surface area contributed by atoms with Crippen LogP contribution in [0.1, 0.15) is 75.8 Å². The summed E-state index contributed by atoms with van der Waals surface area (Å²) >= 11 is 0. The molecular weight excluding hydrogens is 300 g/mol. The van der Waals surface area contributed by atoms with Crippen molar-refractivity contribution in [2.24, 2.45) is 0 Å². The number of hydrogen-bond acceptors (Lipinski definition) is 1. The fourth-order valence-electron chi connectivity index (χ4n) is 3.31. The molecule has 24 heavy (non-hydrogen) atoms. The smallest absolute Gasteiger partial charge is 0.336 e. The number of unbranched alkanes of at least 4 members (excludes halogenated alkanes) is 1. The lowest BCUT2D eigenvalue weighted by molar-refractivity contribution is -0.527. The van der Waals surface area contributed by atoms with Gasteiger partial charge < -0.3 is 5.11 Å². The summed E-state index contributed by atoms with van der Waals surface area (Å²) < 4.78 is 2.40. The number of amidine groups is 1. The van der Waals surface area contributed by atoms with Gasteiger partial charge in [0.1, 0.15) is 6.04 Å². The third-order valence-electron chi connectivity index (χ3n) is 4.66. The van der Waals surface area contributed by atoms with Crippen LogP contribution in [0, 0.1) is 0 Å². The van der Waals surface area contributed by atoms with Crippen LogP contribution in [0.2, 0.25) is 0 Å². The lowest BCUT2D eigenvalue weighted by Crippen LogP contribution is -2.40. The van der Waals surface area contributed by atoms with Crippen LogP contribution in [-0.4, -0.2) is 46.0 Å². The molecule has 1 N–H and O–H groups in total. The van der Waals surface area contributed by atoms with Gasteiger partial charge in [0, 0.05) is 12.0 Å². The zero-order valence-corrected chi connectivity index (χ0v) is 15.9. The molecule has 0 bridgehead atoms. The third kappa shape index (κ3) is 4.83. The van der Waals surface area contributed by atoms with Crippen molar-refractivity contribution >= 4 is 11.8 Å². The molecule has 0 saturated carbocycles. The Morgan fingerprint density at radius 1 is 1.17 bits per heavy atom. The largest absolute Gasteiger partial charge is 0.478 e. The van der Waals surface area contributed by atoms with Crippen LogP contribution in [0.15, 0.2) is 24.3 Å². The summed E-state index contributed by atoms with van der Waals surface area (Å²) in [4.78, 5) is 14.0. The summed E-state index contributed by atoms with van der Waals surface area (Å²) in [6, 6.07) is 7.40. The molecule has 0 aliphatic rings. The second-order valence-electron chi connectivity index (χ2n) is 6.05. The highest BCUT2D eigenvalue weighted by Gasteiger charge is 2.29. The van der Waals surface area contributed by atoms with E-state index in [2.05, 4.69) is 44.1 Å². The third-order valence-corrected chi connectivity index (χ3v) is 4.66. The number of rotatable bonds is 9. The zero-order valence-electron chi connectivity index (χ0n) is 15.9. The van der Waals surface area contributed by atoms with Gasteiger partial charge in [-0.2, -0.15) is 0 Å². The summed E-state index contributed by atoms with van der Waals surface area (Å²) in [5, 5.41) is 9.51. The molecule has 0 aliphatic carbocycles. The lowest BCUT2D eigenvalue weighted by atomic mass is 9.99. The second-order valence-corrected chi connectivity index (χ2v) is 6.05. The Balaban J connectivity index is 3.31. The molecule has 0 heterocycles. The number of carboxylic acid groups (broad SMARTS) is 1. The second kappa shape index (κ2) is 10.1. The summed E-state index contributed by atoms with van der Waals surface area (Å²) in [5.41, 5.74) is 1.28. The summed E-state index contributed by atoms with van der Waals surface area (Å²) in [6.45, 7) is 13.6. The van der Waals surface area contributed by atoms with Gasteiger partial charge in [0.05, 0.1) is 25.2 Å². The van der Waals surface area contributed by atoms with Crippen LogP contribution in [-0.2, 0) is 0 Å². The normalized spacial score (nSPS) is 11.9. The van der Waals surface area contributed by atoms with E-state index in [4.69, 9.17) is 0 Å². The van der Waals surface area contributed by atoms with Crippen molar-refractivity contribution in [1.29, 1.82) is 0 Å². The van der Waals surface area contributed by atoms with Crippen LogP contribution in [0.25, 0.3) is 0 Å². The van der Waals surface area contributed by atoms with E-state index >= 15 is 0 Å². The molecule has 0 radical (unpaired) electrons. The minimum atomic E-state index is -0.855. The van der Waals surface area contributed by atoms with Gasteiger partial charge in [-0.25, -0.2) is 4.79 Å². The highest BCUT2D eigenvalue weighted by atomic mass is 16.4. The first-order valence-corrected chi connectivity index (χ1v) is 9.21. The molecule has 0 fully saturated rings. The highest BCUT2D eigenvalue weighted by Crippen LogP contribution is 2.25. The van der Waals surface area contributed by atoms with Gasteiger partial charge in [-0.1, -0.05) is 31.5 Å². The minimum Gasteiger partial charge on any atom is -0.478 e. The van der Waals surface area contributed by atoms with Crippen LogP contribution < -0.4 is 0 Å². The standard InChI is InChI=1S/C20H32N2O2/c1-6-10-15-19(21(7-2)8-3)22(9-4)16(5)17-13-11-12-14-18(17)20(23)24/h11-14,16H,6-10,15H2,1-5H3/p+1. The first-order chi connectivity index (χ1) is 11.5. The van der Waals surface area contributed by atoms with E-state index in [0.29, 0.717) is 5.56 Å². The number of carbonyl (C=O) groups is 1. The molecule has 0 amide bonds. The predicted molar refractivity (Wildman–Crippen MR) is 100 cm³/mol. The van der Waals surface area contributed by atoms with Crippen LogP contribution in [0.5, 0.6) is 0 Å². The van der Waals surface area contributed by atoms with Crippen molar-refractivity contribution in [2.75, 3.05) is 19.6 Å². The van der Waals surface area contributed by atoms with Crippen molar-refractivity contribution in [1.82, 2.24) is 4.90 Å². The van der Waals surface area contributed by atoms with E-state index in [1.54, 1.807) is 12.1 Å². The van der Waals surface area contributed by atoms with Crippen molar-refractivity contribution in [3.8, 4) is 0 Å². The van der Waals surface area contributed by atoms with Crippen LogP contribution in [0.3, 0.4) is 0 Å². The Hall–Kier alpha value is -1.84. The SMILES string of the molecule is CCCCC(N(CC)C(C)c1ccccc1C(=O)O)=[N+](CC)CC. The van der Waals surface area contributed by atoms with Crippen molar-refractivity contribution in [3.05, 3.63) is 35.4 Å². The molecule has 4 nitrogen and oxygen atoms in total. The van der Waals surface area contributed by atoms with Gasteiger partial charge in [0.25, 0.3) is 0 Å². The topological polar surface area (TPSA) is 43.6 Å². The molecule has 1 aromatic rings. The van der Waals surface area contributed by atoms with Gasteiger partial charge in [-0.05, 0) is 40.2 Å². The predicted octanol–water partition coefficient (Wildman–Crippen LogP) is 4.41. The van der Waals surface area contributed by atoms with E-state index in [1.807, 2.05) is 12.1 Å². The first-order valence-electron chi connectivity index (χ1n) is 9.21. The molecular formula is C20H33N2O2+. The lowest BCUT2D eigenvalue weighted by Gasteiger charge is -2.28. The Labute approximate surface area is 146 Å². The summed E-state index contributed by atoms with van der Waals surface area (Å²) in [6.07, 6.45) is 3.34. The highest BCUT2D eigenvalue weighted by molar-refractivity contribution is 5.90. The fraction of sp³-hybridized carbons (Fsp3) is 0.600. The van der Waals surface area contributed by atoms with Gasteiger partial charge in [0.15, 0.2) is 0 Å².